The average Bonchev–Trinajstić information content (AvgIpc) is 2.32. The molecule has 14 heavy (non-hydrogen) atoms. The SMILES string of the molecule is CC(C)C1=NN(C)C(=O)C1CC(=O)O. The van der Waals surface area contributed by atoms with E-state index in [0.29, 0.717) is 5.71 Å². The molecule has 0 bridgehead atoms. The van der Waals surface area contributed by atoms with Gasteiger partial charge in [-0.05, 0) is 5.92 Å². The molecule has 0 fully saturated rings. The summed E-state index contributed by atoms with van der Waals surface area (Å²) in [6.07, 6.45) is -0.166. The van der Waals surface area contributed by atoms with Crippen LogP contribution in [-0.4, -0.2) is 34.8 Å². The van der Waals surface area contributed by atoms with Crippen LogP contribution < -0.4 is 0 Å². The Balaban J connectivity index is 2.86. The van der Waals surface area contributed by atoms with Crippen LogP contribution in [0.3, 0.4) is 0 Å². The van der Waals surface area contributed by atoms with Crippen molar-refractivity contribution in [2.24, 2.45) is 16.9 Å². The first-order valence-electron chi connectivity index (χ1n) is 4.51. The van der Waals surface area contributed by atoms with Gasteiger partial charge in [0.15, 0.2) is 0 Å². The molecule has 0 aromatic rings. The Hall–Kier alpha value is -1.39. The van der Waals surface area contributed by atoms with Gasteiger partial charge in [0.25, 0.3) is 5.91 Å². The molecule has 0 saturated carbocycles. The van der Waals surface area contributed by atoms with Crippen molar-refractivity contribution >= 4 is 17.6 Å². The van der Waals surface area contributed by atoms with Crippen molar-refractivity contribution in [3.63, 3.8) is 0 Å². The number of carbonyl (C=O) groups excluding carboxylic acids is 1. The Labute approximate surface area is 82.4 Å². The van der Waals surface area contributed by atoms with E-state index in [1.54, 1.807) is 7.05 Å². The molecule has 5 heteroatoms. The zero-order valence-corrected chi connectivity index (χ0v) is 8.52. The van der Waals surface area contributed by atoms with E-state index in [1.165, 1.54) is 5.01 Å². The van der Waals surface area contributed by atoms with Gasteiger partial charge in [-0.1, -0.05) is 13.8 Å². The average molecular weight is 198 g/mol. The molecular formula is C9H14N2O3. The second-order valence-electron chi connectivity index (χ2n) is 3.69. The summed E-state index contributed by atoms with van der Waals surface area (Å²) in [6.45, 7) is 3.81. The van der Waals surface area contributed by atoms with Crippen LogP contribution in [-0.2, 0) is 9.59 Å². The van der Waals surface area contributed by atoms with Gasteiger partial charge in [-0.15, -0.1) is 0 Å². The normalized spacial score (nSPS) is 21.7. The molecule has 1 heterocycles. The molecule has 0 aliphatic carbocycles. The Morgan fingerprint density at radius 3 is 2.64 bits per heavy atom. The molecule has 1 rings (SSSR count). The second-order valence-corrected chi connectivity index (χ2v) is 3.69. The smallest absolute Gasteiger partial charge is 0.304 e. The van der Waals surface area contributed by atoms with Gasteiger partial charge in [-0.3, -0.25) is 9.59 Å². The second kappa shape index (κ2) is 3.77. The van der Waals surface area contributed by atoms with Gasteiger partial charge in [0, 0.05) is 7.05 Å². The molecule has 1 unspecified atom stereocenters. The van der Waals surface area contributed by atoms with Gasteiger partial charge in [0.2, 0.25) is 0 Å². The van der Waals surface area contributed by atoms with Crippen molar-refractivity contribution in [3.05, 3.63) is 0 Å². The summed E-state index contributed by atoms with van der Waals surface area (Å²) in [5, 5.41) is 13.9. The Bertz CT molecular complexity index is 296. The van der Waals surface area contributed by atoms with Crippen LogP contribution in [0.5, 0.6) is 0 Å². The van der Waals surface area contributed by atoms with E-state index in [2.05, 4.69) is 5.10 Å². The molecule has 0 radical (unpaired) electrons. The summed E-state index contributed by atoms with van der Waals surface area (Å²) in [5.74, 6) is -1.66. The zero-order valence-electron chi connectivity index (χ0n) is 8.52. The number of hydrazone groups is 1. The number of nitrogens with zero attached hydrogens (tertiary/aromatic N) is 2. The number of carboxylic acids is 1. The van der Waals surface area contributed by atoms with Crippen LogP contribution in [0.4, 0.5) is 0 Å². The summed E-state index contributed by atoms with van der Waals surface area (Å²) < 4.78 is 0. The van der Waals surface area contributed by atoms with Gasteiger partial charge >= 0.3 is 5.97 Å². The minimum absolute atomic E-state index is 0.105. The number of carboxylic acid groups (broad SMARTS) is 1. The lowest BCUT2D eigenvalue weighted by Gasteiger charge is -2.10. The third-order valence-corrected chi connectivity index (χ3v) is 2.21. The summed E-state index contributed by atoms with van der Waals surface area (Å²) in [7, 11) is 1.55. The Morgan fingerprint density at radius 2 is 2.21 bits per heavy atom. The van der Waals surface area contributed by atoms with Gasteiger partial charge < -0.3 is 5.11 Å². The molecule has 1 aliphatic heterocycles. The number of amides is 1. The first kappa shape index (κ1) is 10.7. The summed E-state index contributed by atoms with van der Waals surface area (Å²) in [4.78, 5) is 22.1. The predicted molar refractivity (Wildman–Crippen MR) is 50.8 cm³/mol. The lowest BCUT2D eigenvalue weighted by atomic mass is 9.92. The topological polar surface area (TPSA) is 70.0 Å². The highest BCUT2D eigenvalue weighted by Gasteiger charge is 2.36. The first-order valence-corrected chi connectivity index (χ1v) is 4.51. The number of hydrogen-bond acceptors (Lipinski definition) is 3. The van der Waals surface area contributed by atoms with Gasteiger partial charge in [-0.25, -0.2) is 5.01 Å². The van der Waals surface area contributed by atoms with E-state index in [0.717, 1.165) is 0 Å². The Morgan fingerprint density at radius 1 is 1.64 bits per heavy atom. The van der Waals surface area contributed by atoms with Crippen molar-refractivity contribution in [2.45, 2.75) is 20.3 Å². The lowest BCUT2D eigenvalue weighted by Crippen LogP contribution is -2.28. The zero-order chi connectivity index (χ0) is 10.9. The van der Waals surface area contributed by atoms with E-state index in [-0.39, 0.29) is 18.2 Å². The Kier molecular flexibility index (Phi) is 2.88. The highest BCUT2D eigenvalue weighted by Crippen LogP contribution is 2.22. The van der Waals surface area contributed by atoms with E-state index >= 15 is 0 Å². The van der Waals surface area contributed by atoms with Crippen molar-refractivity contribution in [3.8, 4) is 0 Å². The predicted octanol–water partition coefficient (Wildman–Crippen LogP) is 0.561. The molecule has 0 saturated heterocycles. The number of aliphatic carboxylic acids is 1. The van der Waals surface area contributed by atoms with Crippen LogP contribution in [0.1, 0.15) is 20.3 Å². The first-order chi connectivity index (χ1) is 6.43. The molecule has 1 atom stereocenters. The van der Waals surface area contributed by atoms with E-state index in [9.17, 15) is 9.59 Å². The molecule has 1 N–H and O–H groups in total. The van der Waals surface area contributed by atoms with Crippen LogP contribution in [0.2, 0.25) is 0 Å². The van der Waals surface area contributed by atoms with Crippen LogP contribution in [0.25, 0.3) is 0 Å². The standard InChI is InChI=1S/C9H14N2O3/c1-5(2)8-6(4-7(12)13)9(14)11(3)10-8/h5-6H,4H2,1-3H3,(H,12,13). The summed E-state index contributed by atoms with van der Waals surface area (Å²) >= 11 is 0. The van der Waals surface area contributed by atoms with Crippen LogP contribution >= 0.6 is 0 Å². The summed E-state index contributed by atoms with van der Waals surface area (Å²) in [6, 6.07) is 0. The molecule has 5 nitrogen and oxygen atoms in total. The van der Waals surface area contributed by atoms with E-state index < -0.39 is 11.9 Å². The van der Waals surface area contributed by atoms with Gasteiger partial charge in [0.05, 0.1) is 18.1 Å². The quantitative estimate of drug-likeness (QED) is 0.720. The highest BCUT2D eigenvalue weighted by molar-refractivity contribution is 6.10. The van der Waals surface area contributed by atoms with Crippen molar-refractivity contribution in [1.82, 2.24) is 5.01 Å². The van der Waals surface area contributed by atoms with Crippen molar-refractivity contribution in [2.75, 3.05) is 7.05 Å². The minimum Gasteiger partial charge on any atom is -0.481 e. The maximum absolute atomic E-state index is 11.5. The molecule has 0 spiro atoms. The third kappa shape index (κ3) is 1.92. The highest BCUT2D eigenvalue weighted by atomic mass is 16.4. The lowest BCUT2D eigenvalue weighted by molar-refractivity contribution is -0.141. The maximum Gasteiger partial charge on any atom is 0.304 e. The summed E-state index contributed by atoms with van der Waals surface area (Å²) in [5.41, 5.74) is 0.667. The minimum atomic E-state index is -0.966. The van der Waals surface area contributed by atoms with Crippen molar-refractivity contribution < 1.29 is 14.7 Å². The van der Waals surface area contributed by atoms with Crippen molar-refractivity contribution in [1.29, 1.82) is 0 Å². The van der Waals surface area contributed by atoms with E-state index in [4.69, 9.17) is 5.11 Å². The molecular weight excluding hydrogens is 184 g/mol. The maximum atomic E-state index is 11.5. The molecule has 78 valence electrons. The molecule has 0 aromatic carbocycles. The number of carbonyl (C=O) groups is 2. The monoisotopic (exact) mass is 198 g/mol. The number of rotatable bonds is 3. The van der Waals surface area contributed by atoms with E-state index in [1.807, 2.05) is 13.8 Å². The largest absolute Gasteiger partial charge is 0.481 e. The fourth-order valence-corrected chi connectivity index (χ4v) is 1.53. The number of hydrogen-bond donors (Lipinski definition) is 1. The molecule has 1 aliphatic rings. The van der Waals surface area contributed by atoms with Gasteiger partial charge in [-0.2, -0.15) is 5.10 Å². The third-order valence-electron chi connectivity index (χ3n) is 2.21. The molecule has 0 aromatic heterocycles. The molecule has 1 amide bonds. The van der Waals surface area contributed by atoms with Crippen LogP contribution in [0, 0.1) is 11.8 Å². The van der Waals surface area contributed by atoms with Gasteiger partial charge in [0.1, 0.15) is 0 Å². The van der Waals surface area contributed by atoms with Crippen LogP contribution in [0.15, 0.2) is 5.10 Å². The fraction of sp³-hybridized carbons (Fsp3) is 0.667. The fourth-order valence-electron chi connectivity index (χ4n) is 1.53.